The number of benzene rings is 1. The number of aliphatic carboxylic acids is 1. The topological polar surface area (TPSA) is 83.6 Å². The lowest BCUT2D eigenvalue weighted by Gasteiger charge is -2.10. The van der Waals surface area contributed by atoms with Crippen LogP contribution in [0.2, 0.25) is 0 Å². The van der Waals surface area contributed by atoms with E-state index in [0.717, 1.165) is 0 Å². The molecule has 4 N–H and O–H groups in total. The van der Waals surface area contributed by atoms with E-state index in [1.54, 1.807) is 0 Å². The van der Waals surface area contributed by atoms with Gasteiger partial charge >= 0.3 is 5.97 Å². The summed E-state index contributed by atoms with van der Waals surface area (Å²) in [5.41, 5.74) is 6.15. The number of rotatable bonds is 3. The highest BCUT2D eigenvalue weighted by atomic mass is 16.4. The fourth-order valence-electron chi connectivity index (χ4n) is 1.20. The molecule has 0 saturated heterocycles. The van der Waals surface area contributed by atoms with Gasteiger partial charge in [-0.05, 0) is 12.0 Å². The van der Waals surface area contributed by atoms with Gasteiger partial charge in [0.05, 0.1) is 0 Å². The minimum absolute atomic E-state index is 0.114. The molecule has 4 radical (unpaired) electrons. The smallest absolute Gasteiger partial charge is 0.320 e. The van der Waals surface area contributed by atoms with Gasteiger partial charge in [0.15, 0.2) is 0 Å². The molecule has 0 aliphatic heterocycles. The first-order valence-electron chi connectivity index (χ1n) is 4.27. The van der Waals surface area contributed by atoms with Crippen LogP contribution in [0.5, 0.6) is 5.75 Å². The minimum Gasteiger partial charge on any atom is -0.509 e. The molecule has 4 nitrogen and oxygen atoms in total. The summed E-state index contributed by atoms with van der Waals surface area (Å²) < 4.78 is 0. The Balaban J connectivity index is 2.92. The van der Waals surface area contributed by atoms with Crippen molar-refractivity contribution in [2.45, 2.75) is 12.5 Å². The number of nitrogens with two attached hydrogens (primary N) is 1. The maximum absolute atomic E-state index is 10.5. The van der Waals surface area contributed by atoms with Gasteiger partial charge in [-0.15, -0.1) is 0 Å². The zero-order chi connectivity index (χ0) is 11.6. The van der Waals surface area contributed by atoms with Crippen LogP contribution in [0.3, 0.4) is 0 Å². The summed E-state index contributed by atoms with van der Waals surface area (Å²) in [6, 6.07) is 1.90. The molecule has 0 saturated carbocycles. The monoisotopic (exact) mass is 201 g/mol. The lowest BCUT2D eigenvalue weighted by molar-refractivity contribution is -0.138. The van der Waals surface area contributed by atoms with Gasteiger partial charge in [-0.25, -0.2) is 0 Å². The molecule has 0 amide bonds. The molecule has 0 aliphatic rings. The third kappa shape index (κ3) is 2.76. The average Bonchev–Trinajstić information content (AvgIpc) is 2.13. The molecule has 0 aromatic heterocycles. The van der Waals surface area contributed by atoms with E-state index in [-0.39, 0.29) is 23.1 Å². The Morgan fingerprint density at radius 3 is 2.27 bits per heavy atom. The normalized spacial score (nSPS) is 12.3. The SMILES string of the molecule is [B]c1cc(C[C@H](N)C(=O)O)cc([B])c1O. The summed E-state index contributed by atoms with van der Waals surface area (Å²) in [6.07, 6.45) is 0.115. The molecule has 1 aromatic carbocycles. The van der Waals surface area contributed by atoms with Gasteiger partial charge in [0, 0.05) is 0 Å². The van der Waals surface area contributed by atoms with E-state index in [2.05, 4.69) is 0 Å². The van der Waals surface area contributed by atoms with Crippen LogP contribution in [0.4, 0.5) is 0 Å². The number of phenols is 1. The number of hydrogen-bond donors (Lipinski definition) is 3. The van der Waals surface area contributed by atoms with Crippen LogP contribution in [0, 0.1) is 0 Å². The van der Waals surface area contributed by atoms with E-state index in [4.69, 9.17) is 26.5 Å². The van der Waals surface area contributed by atoms with Crippen molar-refractivity contribution < 1.29 is 15.0 Å². The van der Waals surface area contributed by atoms with Crippen molar-refractivity contribution in [3.63, 3.8) is 0 Å². The average molecular weight is 201 g/mol. The van der Waals surface area contributed by atoms with E-state index in [0.29, 0.717) is 5.56 Å². The molecular formula is C9H9B2NO3. The van der Waals surface area contributed by atoms with E-state index >= 15 is 0 Å². The Bertz CT molecular complexity index is 372. The summed E-state index contributed by atoms with van der Waals surface area (Å²) in [6.45, 7) is 0. The summed E-state index contributed by atoms with van der Waals surface area (Å²) in [5, 5.41) is 17.9. The van der Waals surface area contributed by atoms with Crippen LogP contribution in [0.15, 0.2) is 12.1 Å². The fraction of sp³-hybridized carbons (Fsp3) is 0.222. The molecule has 0 aliphatic carbocycles. The predicted molar refractivity (Wildman–Crippen MR) is 58.2 cm³/mol. The van der Waals surface area contributed by atoms with Crippen LogP contribution in [-0.4, -0.2) is 37.9 Å². The Morgan fingerprint density at radius 2 is 1.87 bits per heavy atom. The second-order valence-electron chi connectivity index (χ2n) is 3.27. The fourth-order valence-corrected chi connectivity index (χ4v) is 1.20. The molecular weight excluding hydrogens is 192 g/mol. The van der Waals surface area contributed by atoms with E-state index in [1.165, 1.54) is 12.1 Å². The third-order valence-corrected chi connectivity index (χ3v) is 2.00. The predicted octanol–water partition coefficient (Wildman–Crippen LogP) is -2.07. The quantitative estimate of drug-likeness (QED) is 0.490. The molecule has 0 bridgehead atoms. The Hall–Kier alpha value is -1.42. The van der Waals surface area contributed by atoms with Gasteiger partial charge in [-0.2, -0.15) is 0 Å². The van der Waals surface area contributed by atoms with Crippen molar-refractivity contribution in [3.05, 3.63) is 17.7 Å². The highest BCUT2D eigenvalue weighted by molar-refractivity contribution is 6.41. The van der Waals surface area contributed by atoms with Crippen molar-refractivity contribution in [1.82, 2.24) is 0 Å². The first-order valence-corrected chi connectivity index (χ1v) is 4.27. The van der Waals surface area contributed by atoms with Gasteiger partial charge < -0.3 is 15.9 Å². The largest absolute Gasteiger partial charge is 0.509 e. The van der Waals surface area contributed by atoms with Gasteiger partial charge in [0.1, 0.15) is 27.5 Å². The minimum atomic E-state index is -1.10. The lowest BCUT2D eigenvalue weighted by atomic mass is 9.83. The molecule has 6 heteroatoms. The molecule has 15 heavy (non-hydrogen) atoms. The molecule has 0 heterocycles. The van der Waals surface area contributed by atoms with Gasteiger partial charge in [-0.1, -0.05) is 23.1 Å². The molecule has 1 rings (SSSR count). The first-order chi connectivity index (χ1) is 6.91. The summed E-state index contributed by atoms with van der Waals surface area (Å²) in [7, 11) is 10.9. The Morgan fingerprint density at radius 1 is 1.40 bits per heavy atom. The van der Waals surface area contributed by atoms with Crippen LogP contribution < -0.4 is 16.7 Å². The zero-order valence-electron chi connectivity index (χ0n) is 7.97. The molecule has 1 atom stereocenters. The summed E-state index contributed by atoms with van der Waals surface area (Å²) >= 11 is 0. The highest BCUT2D eigenvalue weighted by Gasteiger charge is 2.13. The standard InChI is InChI=1S/C9H9B2NO3/c10-5-1-4(2-6(11)8(5)13)3-7(12)9(14)15/h1-2,7,13H,3,12H2,(H,14,15)/t7-/m0/s1. The van der Waals surface area contributed by atoms with Gasteiger partial charge in [0.25, 0.3) is 0 Å². The van der Waals surface area contributed by atoms with Gasteiger partial charge in [0.2, 0.25) is 0 Å². The van der Waals surface area contributed by atoms with E-state index < -0.39 is 12.0 Å². The molecule has 1 aromatic rings. The van der Waals surface area contributed by atoms with Crippen molar-refractivity contribution in [2.24, 2.45) is 5.73 Å². The highest BCUT2D eigenvalue weighted by Crippen LogP contribution is 2.05. The number of carboxylic acids is 1. The number of phenolic OH excluding ortho intramolecular Hbond substituents is 1. The van der Waals surface area contributed by atoms with Crippen molar-refractivity contribution in [3.8, 4) is 5.75 Å². The second kappa shape index (κ2) is 4.40. The number of hydrogen-bond acceptors (Lipinski definition) is 3. The Kier molecular flexibility index (Phi) is 3.42. The van der Waals surface area contributed by atoms with Crippen molar-refractivity contribution >= 4 is 32.6 Å². The van der Waals surface area contributed by atoms with E-state index in [1.807, 2.05) is 0 Å². The summed E-state index contributed by atoms with van der Waals surface area (Å²) in [5.74, 6) is -1.29. The first kappa shape index (κ1) is 11.7. The third-order valence-electron chi connectivity index (χ3n) is 2.00. The lowest BCUT2D eigenvalue weighted by Crippen LogP contribution is -2.33. The van der Waals surface area contributed by atoms with Crippen LogP contribution in [0.1, 0.15) is 5.56 Å². The number of carbonyl (C=O) groups is 1. The van der Waals surface area contributed by atoms with Crippen molar-refractivity contribution in [2.75, 3.05) is 0 Å². The Labute approximate surface area is 89.9 Å². The van der Waals surface area contributed by atoms with Crippen LogP contribution in [0.25, 0.3) is 0 Å². The van der Waals surface area contributed by atoms with Gasteiger partial charge in [-0.3, -0.25) is 4.79 Å². The number of carboxylic acid groups (broad SMARTS) is 1. The molecule has 0 spiro atoms. The van der Waals surface area contributed by atoms with E-state index in [9.17, 15) is 9.90 Å². The number of aromatic hydroxyl groups is 1. The zero-order valence-corrected chi connectivity index (χ0v) is 7.97. The molecule has 0 unspecified atom stereocenters. The maximum atomic E-state index is 10.5. The van der Waals surface area contributed by atoms with Crippen molar-refractivity contribution in [1.29, 1.82) is 0 Å². The second-order valence-corrected chi connectivity index (χ2v) is 3.27. The maximum Gasteiger partial charge on any atom is 0.320 e. The molecule has 0 fully saturated rings. The van der Waals surface area contributed by atoms with Crippen LogP contribution >= 0.6 is 0 Å². The molecule has 74 valence electrons. The summed E-state index contributed by atoms with van der Waals surface area (Å²) in [4.78, 5) is 10.5. The van der Waals surface area contributed by atoms with Crippen LogP contribution in [-0.2, 0) is 11.2 Å².